The first-order chi connectivity index (χ1) is 14.3. The van der Waals surface area contributed by atoms with Gasteiger partial charge in [-0.3, -0.25) is 4.90 Å². The molecule has 4 nitrogen and oxygen atoms in total. The molecule has 0 radical (unpaired) electrons. The second-order valence-electron chi connectivity index (χ2n) is 7.23. The third kappa shape index (κ3) is 4.98. The summed E-state index contributed by atoms with van der Waals surface area (Å²) in [5.74, 6) is 2.07. The van der Waals surface area contributed by atoms with Crippen LogP contribution < -0.4 is 5.32 Å². The maximum Gasteiger partial charge on any atom is 0.145 e. The Balaban J connectivity index is 1.61. The molecule has 4 heteroatoms. The number of nitrogens with zero attached hydrogens (tertiary/aromatic N) is 3. The third-order valence-electron chi connectivity index (χ3n) is 5.02. The highest BCUT2D eigenvalue weighted by molar-refractivity contribution is 5.88. The molecule has 29 heavy (non-hydrogen) atoms. The number of hydrogen-bond acceptors (Lipinski definition) is 4. The molecule has 0 bridgehead atoms. The van der Waals surface area contributed by atoms with Crippen LogP contribution in [0.3, 0.4) is 0 Å². The Kier molecular flexibility index (Phi) is 6.13. The molecule has 0 aliphatic heterocycles. The summed E-state index contributed by atoms with van der Waals surface area (Å²) in [6, 6.07) is 18.7. The SMILES string of the molecule is CNc1nc(CN(Cc2ccccc2)CC2C=CC=CC=C2)nc2ccccc12. The molecule has 1 aromatic heterocycles. The first-order valence-electron chi connectivity index (χ1n) is 10.0. The molecule has 1 aliphatic rings. The Hall–Kier alpha value is -3.24. The Morgan fingerprint density at radius 3 is 2.31 bits per heavy atom. The van der Waals surface area contributed by atoms with Crippen LogP contribution in [0, 0.1) is 5.92 Å². The van der Waals surface area contributed by atoms with E-state index < -0.39 is 0 Å². The van der Waals surface area contributed by atoms with Crippen molar-refractivity contribution in [2.24, 2.45) is 5.92 Å². The molecule has 1 aliphatic carbocycles. The minimum atomic E-state index is 0.359. The lowest BCUT2D eigenvalue weighted by atomic mass is 10.1. The predicted molar refractivity (Wildman–Crippen MR) is 121 cm³/mol. The largest absolute Gasteiger partial charge is 0.373 e. The maximum absolute atomic E-state index is 4.84. The van der Waals surface area contributed by atoms with Crippen LogP contribution in [0.25, 0.3) is 10.9 Å². The molecular formula is C25H26N4. The fourth-order valence-corrected chi connectivity index (χ4v) is 3.64. The standard InChI is InChI=1S/C25H26N4/c1-26-25-22-15-9-10-16-23(22)27-24(28-25)19-29(18-21-13-7-4-8-14-21)17-20-11-5-2-3-6-12-20/h2-16,20H,17-19H2,1H3,(H,26,27,28). The maximum atomic E-state index is 4.84. The predicted octanol–water partition coefficient (Wildman–Crippen LogP) is 4.97. The van der Waals surface area contributed by atoms with Gasteiger partial charge in [0.1, 0.15) is 11.6 Å². The van der Waals surface area contributed by atoms with E-state index in [0.717, 1.165) is 35.6 Å². The van der Waals surface area contributed by atoms with Crippen LogP contribution in [-0.4, -0.2) is 28.5 Å². The summed E-state index contributed by atoms with van der Waals surface area (Å²) in [6.07, 6.45) is 12.9. The van der Waals surface area contributed by atoms with Crippen LogP contribution >= 0.6 is 0 Å². The molecule has 1 N–H and O–H groups in total. The molecule has 3 aromatic rings. The number of rotatable bonds is 7. The number of anilines is 1. The molecule has 2 aromatic carbocycles. The third-order valence-corrected chi connectivity index (χ3v) is 5.02. The molecule has 1 heterocycles. The van der Waals surface area contributed by atoms with E-state index in [0.29, 0.717) is 12.5 Å². The van der Waals surface area contributed by atoms with E-state index in [-0.39, 0.29) is 0 Å². The van der Waals surface area contributed by atoms with Gasteiger partial charge in [0.2, 0.25) is 0 Å². The molecule has 0 saturated carbocycles. The van der Waals surface area contributed by atoms with Gasteiger partial charge in [-0.15, -0.1) is 0 Å². The molecule has 0 atom stereocenters. The lowest BCUT2D eigenvalue weighted by Crippen LogP contribution is -2.28. The fourth-order valence-electron chi connectivity index (χ4n) is 3.64. The summed E-state index contributed by atoms with van der Waals surface area (Å²) in [6.45, 7) is 2.46. The topological polar surface area (TPSA) is 41.1 Å². The summed E-state index contributed by atoms with van der Waals surface area (Å²) in [5, 5.41) is 4.27. The van der Waals surface area contributed by atoms with Gasteiger partial charge in [-0.2, -0.15) is 0 Å². The average molecular weight is 383 g/mol. The van der Waals surface area contributed by atoms with Crippen molar-refractivity contribution < 1.29 is 0 Å². The molecule has 146 valence electrons. The van der Waals surface area contributed by atoms with Crippen LogP contribution in [0.5, 0.6) is 0 Å². The van der Waals surface area contributed by atoms with Crippen molar-refractivity contribution in [3.63, 3.8) is 0 Å². The minimum absolute atomic E-state index is 0.359. The normalized spacial score (nSPS) is 13.9. The van der Waals surface area contributed by atoms with Crippen molar-refractivity contribution in [3.05, 3.63) is 102 Å². The van der Waals surface area contributed by atoms with Crippen LogP contribution in [0.15, 0.2) is 91.1 Å². The summed E-state index contributed by atoms with van der Waals surface area (Å²) in [7, 11) is 1.91. The summed E-state index contributed by atoms with van der Waals surface area (Å²) in [5.41, 5.74) is 2.27. The smallest absolute Gasteiger partial charge is 0.145 e. The van der Waals surface area contributed by atoms with Gasteiger partial charge in [0, 0.05) is 31.4 Å². The van der Waals surface area contributed by atoms with Gasteiger partial charge in [-0.1, -0.05) is 78.9 Å². The zero-order valence-corrected chi connectivity index (χ0v) is 16.7. The van der Waals surface area contributed by atoms with Crippen LogP contribution in [0.1, 0.15) is 11.4 Å². The molecule has 4 rings (SSSR count). The van der Waals surface area contributed by atoms with E-state index in [1.807, 2.05) is 25.2 Å². The summed E-state index contributed by atoms with van der Waals surface area (Å²) >= 11 is 0. The van der Waals surface area contributed by atoms with Crippen molar-refractivity contribution in [1.29, 1.82) is 0 Å². The number of aromatic nitrogens is 2. The number of allylic oxidation sites excluding steroid dienone is 4. The van der Waals surface area contributed by atoms with Gasteiger partial charge >= 0.3 is 0 Å². The van der Waals surface area contributed by atoms with Crippen molar-refractivity contribution in [3.8, 4) is 0 Å². The molecular weight excluding hydrogens is 356 g/mol. The zero-order chi connectivity index (χ0) is 19.9. The van der Waals surface area contributed by atoms with Crippen LogP contribution in [0.2, 0.25) is 0 Å². The molecule has 0 saturated heterocycles. The quantitative estimate of drug-likeness (QED) is 0.626. The van der Waals surface area contributed by atoms with Gasteiger partial charge in [0.15, 0.2) is 0 Å². The molecule has 0 unspecified atom stereocenters. The Labute approximate surface area is 172 Å². The monoisotopic (exact) mass is 382 g/mol. The summed E-state index contributed by atoms with van der Waals surface area (Å²) < 4.78 is 0. The summed E-state index contributed by atoms with van der Waals surface area (Å²) in [4.78, 5) is 12.1. The van der Waals surface area contributed by atoms with E-state index in [1.165, 1.54) is 5.56 Å². The van der Waals surface area contributed by atoms with Crippen molar-refractivity contribution >= 4 is 16.7 Å². The molecule has 0 spiro atoms. The average Bonchev–Trinajstić information content (AvgIpc) is 3.02. The first kappa shape index (κ1) is 19.1. The van der Waals surface area contributed by atoms with E-state index in [1.54, 1.807) is 0 Å². The van der Waals surface area contributed by atoms with Crippen molar-refractivity contribution in [2.75, 3.05) is 18.9 Å². The van der Waals surface area contributed by atoms with Gasteiger partial charge in [-0.05, 0) is 17.7 Å². The number of fused-ring (bicyclic) bond motifs is 1. The highest BCUT2D eigenvalue weighted by atomic mass is 15.2. The number of para-hydroxylation sites is 1. The number of nitrogens with one attached hydrogen (secondary N) is 1. The second kappa shape index (κ2) is 9.30. The van der Waals surface area contributed by atoms with Crippen LogP contribution in [0.4, 0.5) is 5.82 Å². The zero-order valence-electron chi connectivity index (χ0n) is 16.7. The Bertz CT molecular complexity index is 1020. The number of benzene rings is 2. The highest BCUT2D eigenvalue weighted by Gasteiger charge is 2.15. The fraction of sp³-hybridized carbons (Fsp3) is 0.200. The van der Waals surface area contributed by atoms with Crippen molar-refractivity contribution in [1.82, 2.24) is 14.9 Å². The van der Waals surface area contributed by atoms with Gasteiger partial charge < -0.3 is 5.32 Å². The van der Waals surface area contributed by atoms with Crippen LogP contribution in [-0.2, 0) is 13.1 Å². The molecule has 0 fully saturated rings. The first-order valence-corrected chi connectivity index (χ1v) is 10.0. The lowest BCUT2D eigenvalue weighted by Gasteiger charge is -2.24. The lowest BCUT2D eigenvalue weighted by molar-refractivity contribution is 0.238. The van der Waals surface area contributed by atoms with E-state index in [2.05, 4.69) is 83.1 Å². The van der Waals surface area contributed by atoms with Gasteiger partial charge in [-0.25, -0.2) is 9.97 Å². The van der Waals surface area contributed by atoms with Crippen molar-refractivity contribution in [2.45, 2.75) is 13.1 Å². The van der Waals surface area contributed by atoms with Gasteiger partial charge in [0.05, 0.1) is 12.1 Å². The second-order valence-corrected chi connectivity index (χ2v) is 7.23. The van der Waals surface area contributed by atoms with E-state index in [4.69, 9.17) is 9.97 Å². The highest BCUT2D eigenvalue weighted by Crippen LogP contribution is 2.21. The molecule has 0 amide bonds. The Morgan fingerprint density at radius 1 is 0.828 bits per heavy atom. The Morgan fingerprint density at radius 2 is 1.55 bits per heavy atom. The van der Waals surface area contributed by atoms with E-state index >= 15 is 0 Å². The minimum Gasteiger partial charge on any atom is -0.373 e. The number of hydrogen-bond donors (Lipinski definition) is 1. The van der Waals surface area contributed by atoms with Gasteiger partial charge in [0.25, 0.3) is 0 Å². The van der Waals surface area contributed by atoms with E-state index in [9.17, 15) is 0 Å².